The number of rotatable bonds is 22. The summed E-state index contributed by atoms with van der Waals surface area (Å²) in [5, 5.41) is 10.3. The highest BCUT2D eigenvalue weighted by Gasteiger charge is 2.55. The lowest BCUT2D eigenvalue weighted by Crippen LogP contribution is -2.46. The van der Waals surface area contributed by atoms with Gasteiger partial charge < -0.3 is 14.7 Å². The molecule has 1 aromatic rings. The van der Waals surface area contributed by atoms with E-state index < -0.39 is 68.4 Å². The van der Waals surface area contributed by atoms with Gasteiger partial charge in [0.15, 0.2) is 6.10 Å². The maximum atomic E-state index is 13.8. The number of H-pyrrole nitrogens is 1. The van der Waals surface area contributed by atoms with Crippen LogP contribution in [0.15, 0.2) is 15.8 Å². The van der Waals surface area contributed by atoms with E-state index in [0.717, 1.165) is 30.9 Å². The van der Waals surface area contributed by atoms with Crippen molar-refractivity contribution in [3.8, 4) is 0 Å². The molecular formula is C31H51F4N2O8PS. The molecule has 0 aromatic carbocycles. The highest BCUT2D eigenvalue weighted by atomic mass is 32.2. The van der Waals surface area contributed by atoms with E-state index in [9.17, 15) is 41.7 Å². The smallest absolute Gasteiger partial charge is 0.390 e. The van der Waals surface area contributed by atoms with Crippen LogP contribution in [-0.2, 0) is 24.9 Å². The first-order valence-electron chi connectivity index (χ1n) is 17.0. The number of ether oxygens (including phenoxy) is 1. The number of aliphatic hydroxyl groups is 1. The molecule has 1 saturated carbocycles. The van der Waals surface area contributed by atoms with Crippen LogP contribution in [0, 0.1) is 11.7 Å². The predicted octanol–water partition coefficient (Wildman–Crippen LogP) is 6.86. The molecule has 0 spiro atoms. The Hall–Kier alpha value is -1.22. The Bertz CT molecular complexity index is 1210. The fourth-order valence-electron chi connectivity index (χ4n) is 6.32. The van der Waals surface area contributed by atoms with Gasteiger partial charge in [-0.2, -0.15) is 29.3 Å². The summed E-state index contributed by atoms with van der Waals surface area (Å²) >= 11 is 1.46. The lowest BCUT2D eigenvalue weighted by Gasteiger charge is -2.29. The summed E-state index contributed by atoms with van der Waals surface area (Å²) in [6.07, 6.45) is 7.62. The molecule has 1 aliphatic heterocycles. The van der Waals surface area contributed by atoms with Crippen molar-refractivity contribution >= 4 is 19.6 Å². The van der Waals surface area contributed by atoms with Crippen LogP contribution in [0.25, 0.3) is 0 Å². The first kappa shape index (κ1) is 40.2. The zero-order valence-corrected chi connectivity index (χ0v) is 28.7. The van der Waals surface area contributed by atoms with E-state index in [4.69, 9.17) is 9.26 Å². The van der Waals surface area contributed by atoms with Crippen molar-refractivity contribution in [1.29, 1.82) is 0 Å². The standard InChI is InChI=1S/C31H51F4N2O8PS/c32-25-22-37(30(40)36-29(25)39)21-24-20-26(38)27(44-24)28(31(33,34)35)45-46(41,42)43-17-19-47-18-13-8-6-4-2-1-3-5-7-10-14-23-15-11-9-12-16-23/h22-24,26-28,38H,1-21H2,(H,41,42)(H,36,39,40)/t24-,26+,27+,28+/m1/s1. The molecule has 3 N–H and O–H groups in total. The lowest BCUT2D eigenvalue weighted by molar-refractivity contribution is -0.237. The van der Waals surface area contributed by atoms with Crippen molar-refractivity contribution in [1.82, 2.24) is 9.55 Å². The minimum atomic E-state index is -5.22. The maximum absolute atomic E-state index is 13.8. The number of unbranched alkanes of at least 4 members (excludes halogenated alkanes) is 9. The minimum absolute atomic E-state index is 0.278. The van der Waals surface area contributed by atoms with Gasteiger partial charge in [-0.25, -0.2) is 9.36 Å². The monoisotopic (exact) mass is 718 g/mol. The van der Waals surface area contributed by atoms with E-state index in [0.29, 0.717) is 10.8 Å². The number of nitrogens with zero attached hydrogens (tertiary/aromatic N) is 1. The molecule has 5 atom stereocenters. The number of aliphatic hydroxyl groups excluding tert-OH is 1. The van der Waals surface area contributed by atoms with Gasteiger partial charge in [-0.1, -0.05) is 96.3 Å². The fraction of sp³-hybridized carbons (Fsp3) is 0.871. The molecule has 2 heterocycles. The van der Waals surface area contributed by atoms with Gasteiger partial charge in [0.05, 0.1) is 31.6 Å². The molecule has 0 radical (unpaired) electrons. The van der Waals surface area contributed by atoms with Crippen LogP contribution < -0.4 is 11.2 Å². The number of phosphoric ester groups is 1. The van der Waals surface area contributed by atoms with Crippen molar-refractivity contribution in [2.75, 3.05) is 18.1 Å². The number of aromatic amines is 1. The number of hydrogen-bond donors (Lipinski definition) is 3. The van der Waals surface area contributed by atoms with Crippen LogP contribution in [0.1, 0.15) is 109 Å². The molecule has 1 aliphatic carbocycles. The second-order valence-electron chi connectivity index (χ2n) is 12.7. The molecule has 16 heteroatoms. The summed E-state index contributed by atoms with van der Waals surface area (Å²) in [5.74, 6) is 0.755. The van der Waals surface area contributed by atoms with E-state index >= 15 is 0 Å². The number of phosphoric acid groups is 1. The molecular weight excluding hydrogens is 667 g/mol. The molecule has 3 rings (SSSR count). The third kappa shape index (κ3) is 15.1. The molecule has 2 fully saturated rings. The Kier molecular flexibility index (Phi) is 17.5. The third-order valence-corrected chi connectivity index (χ3v) is 10.9. The number of aromatic nitrogens is 2. The van der Waals surface area contributed by atoms with Crippen LogP contribution in [0.5, 0.6) is 0 Å². The Morgan fingerprint density at radius 1 is 1.00 bits per heavy atom. The Balaban J connectivity index is 1.24. The van der Waals surface area contributed by atoms with Crippen molar-refractivity contribution in [3.63, 3.8) is 0 Å². The van der Waals surface area contributed by atoms with Gasteiger partial charge in [0.2, 0.25) is 5.82 Å². The number of nitrogens with one attached hydrogen (secondary N) is 1. The number of hydrogen-bond acceptors (Lipinski definition) is 8. The van der Waals surface area contributed by atoms with E-state index in [-0.39, 0.29) is 12.4 Å². The first-order chi connectivity index (χ1) is 22.4. The van der Waals surface area contributed by atoms with E-state index in [1.165, 1.54) is 95.2 Å². The van der Waals surface area contributed by atoms with Gasteiger partial charge in [0.1, 0.15) is 6.10 Å². The minimum Gasteiger partial charge on any atom is -0.390 e. The summed E-state index contributed by atoms with van der Waals surface area (Å²) in [7, 11) is -5.19. The second-order valence-corrected chi connectivity index (χ2v) is 15.4. The van der Waals surface area contributed by atoms with Crippen LogP contribution in [0.4, 0.5) is 17.6 Å². The van der Waals surface area contributed by atoms with Gasteiger partial charge in [0.25, 0.3) is 5.56 Å². The molecule has 1 aromatic heterocycles. The SMILES string of the molecule is O=c1[nH]c(=O)n(C[C@H]2C[C@H](O)[C@@H]([C@H](OP(=O)(O)OCCSCCCCCCCCCCCCC3CCCCC3)C(F)(F)F)O2)cc1F. The van der Waals surface area contributed by atoms with Gasteiger partial charge in [-0.15, -0.1) is 0 Å². The summed E-state index contributed by atoms with van der Waals surface area (Å²) in [6.45, 7) is -0.809. The summed E-state index contributed by atoms with van der Waals surface area (Å²) in [6, 6.07) is 0. The van der Waals surface area contributed by atoms with E-state index in [1.807, 2.05) is 0 Å². The third-order valence-electron chi connectivity index (χ3n) is 8.83. The van der Waals surface area contributed by atoms with Crippen LogP contribution in [-0.4, -0.2) is 68.3 Å². The van der Waals surface area contributed by atoms with Gasteiger partial charge >= 0.3 is 19.7 Å². The quantitative estimate of drug-likeness (QED) is 0.0666. The van der Waals surface area contributed by atoms with Crippen molar-refractivity contribution in [2.24, 2.45) is 5.92 Å². The molecule has 2 aliphatic rings. The molecule has 0 amide bonds. The van der Waals surface area contributed by atoms with Gasteiger partial charge in [-0.05, 0) is 18.1 Å². The predicted molar refractivity (Wildman–Crippen MR) is 172 cm³/mol. The Morgan fingerprint density at radius 2 is 1.62 bits per heavy atom. The first-order valence-corrected chi connectivity index (χ1v) is 19.6. The van der Waals surface area contributed by atoms with Gasteiger partial charge in [0, 0.05) is 12.2 Å². The Morgan fingerprint density at radius 3 is 2.26 bits per heavy atom. The summed E-state index contributed by atoms with van der Waals surface area (Å²) < 4.78 is 82.5. The number of alkyl halides is 3. The fourth-order valence-corrected chi connectivity index (χ4v) is 8.17. The highest BCUT2D eigenvalue weighted by molar-refractivity contribution is 7.99. The molecule has 0 bridgehead atoms. The normalized spacial score (nSPS) is 22.8. The molecule has 1 unspecified atom stereocenters. The summed E-state index contributed by atoms with van der Waals surface area (Å²) in [4.78, 5) is 34.8. The average molecular weight is 719 g/mol. The maximum Gasteiger partial charge on any atom is 0.472 e. The molecule has 272 valence electrons. The highest BCUT2D eigenvalue weighted by Crippen LogP contribution is 2.49. The average Bonchev–Trinajstić information content (AvgIpc) is 3.37. The molecule has 47 heavy (non-hydrogen) atoms. The second kappa shape index (κ2) is 20.5. The lowest BCUT2D eigenvalue weighted by atomic mass is 9.85. The molecule has 10 nitrogen and oxygen atoms in total. The largest absolute Gasteiger partial charge is 0.472 e. The zero-order valence-electron chi connectivity index (χ0n) is 27.0. The molecule has 1 saturated heterocycles. The number of thioether (sulfide) groups is 1. The van der Waals surface area contributed by atoms with Crippen molar-refractivity contribution in [3.05, 3.63) is 32.9 Å². The van der Waals surface area contributed by atoms with Gasteiger partial charge in [-0.3, -0.25) is 23.4 Å². The van der Waals surface area contributed by atoms with Crippen molar-refractivity contribution < 1.29 is 45.9 Å². The zero-order chi connectivity index (χ0) is 34.3. The summed E-state index contributed by atoms with van der Waals surface area (Å²) in [5.41, 5.74) is -2.29. The van der Waals surface area contributed by atoms with Crippen LogP contribution >= 0.6 is 19.6 Å². The topological polar surface area (TPSA) is 140 Å². The van der Waals surface area contributed by atoms with E-state index in [1.54, 1.807) is 4.98 Å². The van der Waals surface area contributed by atoms with Crippen LogP contribution in [0.2, 0.25) is 0 Å². The van der Waals surface area contributed by atoms with Crippen LogP contribution in [0.3, 0.4) is 0 Å². The number of halogens is 4. The van der Waals surface area contributed by atoms with Crippen molar-refractivity contribution in [2.45, 2.75) is 146 Å². The van der Waals surface area contributed by atoms with E-state index in [2.05, 4.69) is 4.52 Å². The Labute approximate surface area is 278 Å².